The fraction of sp³-hybridized carbons (Fsp3) is 0.243. The van der Waals surface area contributed by atoms with Gasteiger partial charge in [-0.3, -0.25) is 14.5 Å². The number of amides is 1. The van der Waals surface area contributed by atoms with E-state index in [-0.39, 0.29) is 59.6 Å². The molecule has 0 unspecified atom stereocenters. The van der Waals surface area contributed by atoms with Gasteiger partial charge in [0.05, 0.1) is 31.1 Å². The lowest BCUT2D eigenvalue weighted by atomic mass is 9.78. The van der Waals surface area contributed by atoms with Crippen molar-refractivity contribution in [1.29, 1.82) is 0 Å². The number of nitrogens with zero attached hydrogens (tertiary/aromatic N) is 1. The normalized spacial score (nSPS) is 17.5. The van der Waals surface area contributed by atoms with Crippen LogP contribution < -0.4 is 24.4 Å². The van der Waals surface area contributed by atoms with E-state index in [4.69, 9.17) is 25.8 Å². The Bertz CT molecular complexity index is 1860. The number of nitrogens with one attached hydrogen (secondary N) is 1. The highest BCUT2D eigenvalue weighted by atomic mass is 35.5. The number of Topliss-reactive ketones (excluding diaryl/α,β-unsaturated/α-hetero) is 1. The number of allylic oxidation sites excluding steroid dienone is 1. The molecule has 4 aromatic carbocycles. The Balaban J connectivity index is 1.48. The molecule has 1 aliphatic heterocycles. The van der Waals surface area contributed by atoms with Crippen LogP contribution in [0.3, 0.4) is 0 Å². The molecule has 248 valence electrons. The molecule has 0 fully saturated rings. The van der Waals surface area contributed by atoms with Crippen LogP contribution in [0.1, 0.15) is 48.4 Å². The number of hydrogen-bond donors (Lipinski definition) is 1. The number of methoxy groups -OCH3 is 1. The molecule has 11 heteroatoms. The van der Waals surface area contributed by atoms with Gasteiger partial charge in [0.25, 0.3) is 0 Å². The van der Waals surface area contributed by atoms with Gasteiger partial charge in [-0.15, -0.1) is 0 Å². The minimum absolute atomic E-state index is 0.00551. The number of ether oxygens (including phenoxy) is 3. The summed E-state index contributed by atoms with van der Waals surface area (Å²) in [4.78, 5) is 28.2. The SMILES string of the molecule is CCOc1cc([C@H]2C3=C(C[C@@H](c4ccc(OC)cc4)CC3=O)Nc3ccccc3N2C(=O)C(F)(F)F)ccc1OCc1ccc(Cl)cc1. The summed E-state index contributed by atoms with van der Waals surface area (Å²) in [6.45, 7) is 2.18. The first-order valence-electron chi connectivity index (χ1n) is 15.4. The molecule has 0 saturated heterocycles. The molecule has 0 spiro atoms. The van der Waals surface area contributed by atoms with Gasteiger partial charge in [-0.1, -0.05) is 54.1 Å². The summed E-state index contributed by atoms with van der Waals surface area (Å²) in [7, 11) is 1.56. The minimum atomic E-state index is -5.23. The molecule has 1 aliphatic carbocycles. The fourth-order valence-electron chi connectivity index (χ4n) is 6.20. The highest BCUT2D eigenvalue weighted by Gasteiger charge is 2.50. The van der Waals surface area contributed by atoms with Crippen LogP contribution >= 0.6 is 11.6 Å². The van der Waals surface area contributed by atoms with Gasteiger partial charge in [-0.05, 0) is 84.5 Å². The van der Waals surface area contributed by atoms with E-state index >= 15 is 0 Å². The predicted octanol–water partition coefficient (Wildman–Crippen LogP) is 8.79. The summed E-state index contributed by atoms with van der Waals surface area (Å²) in [6.07, 6.45) is -4.87. The first kappa shape index (κ1) is 33.0. The van der Waals surface area contributed by atoms with E-state index in [1.807, 2.05) is 24.3 Å². The Kier molecular flexibility index (Phi) is 9.37. The molecule has 0 bridgehead atoms. The van der Waals surface area contributed by atoms with Crippen LogP contribution in [0.2, 0.25) is 5.02 Å². The van der Waals surface area contributed by atoms with Crippen LogP contribution in [-0.4, -0.2) is 31.6 Å². The first-order valence-corrected chi connectivity index (χ1v) is 15.8. The third-order valence-electron chi connectivity index (χ3n) is 8.43. The number of para-hydroxylation sites is 2. The van der Waals surface area contributed by atoms with Crippen LogP contribution in [0.25, 0.3) is 0 Å². The first-order chi connectivity index (χ1) is 23.1. The maximum atomic E-state index is 14.4. The van der Waals surface area contributed by atoms with Crippen LogP contribution in [0.5, 0.6) is 17.2 Å². The largest absolute Gasteiger partial charge is 0.497 e. The maximum absolute atomic E-state index is 14.4. The molecule has 2 aliphatic rings. The molecule has 1 heterocycles. The second-order valence-corrected chi connectivity index (χ2v) is 11.9. The van der Waals surface area contributed by atoms with E-state index in [0.717, 1.165) is 11.1 Å². The monoisotopic (exact) mass is 676 g/mol. The molecular formula is C37H32ClF3N2O5. The van der Waals surface area contributed by atoms with Crippen molar-refractivity contribution in [2.24, 2.45) is 0 Å². The van der Waals surface area contributed by atoms with Crippen LogP contribution in [-0.2, 0) is 16.2 Å². The third kappa shape index (κ3) is 6.71. The molecule has 0 aromatic heterocycles. The molecule has 0 radical (unpaired) electrons. The summed E-state index contributed by atoms with van der Waals surface area (Å²) in [5.74, 6) is -1.45. The number of fused-ring (bicyclic) bond motifs is 1. The molecule has 4 aromatic rings. The zero-order chi connectivity index (χ0) is 34.0. The van der Waals surface area contributed by atoms with E-state index in [1.165, 1.54) is 6.07 Å². The molecule has 7 nitrogen and oxygen atoms in total. The zero-order valence-corrected chi connectivity index (χ0v) is 26.9. The van der Waals surface area contributed by atoms with E-state index in [1.54, 1.807) is 74.7 Å². The van der Waals surface area contributed by atoms with Crippen molar-refractivity contribution in [3.63, 3.8) is 0 Å². The van der Waals surface area contributed by atoms with Crippen LogP contribution in [0, 0.1) is 0 Å². The van der Waals surface area contributed by atoms with Crippen LogP contribution in [0.15, 0.2) is 102 Å². The highest BCUT2D eigenvalue weighted by Crippen LogP contribution is 2.49. The molecule has 0 saturated carbocycles. The van der Waals surface area contributed by atoms with Gasteiger partial charge in [0.2, 0.25) is 0 Å². The standard InChI is InChI=1S/C37H32ClF3N2O5/c1-3-47-33-20-24(12-17-32(33)48-21-22-8-13-26(38)14-9-22)35-34-29(18-25(19-31(34)44)23-10-15-27(46-2)16-11-23)42-28-6-4-5-7-30(28)43(35)36(45)37(39,40)41/h4-17,20,25,35,42H,3,18-19,21H2,1-2H3/t25-,35+/m1/s1. The zero-order valence-electron chi connectivity index (χ0n) is 26.1. The van der Waals surface area contributed by atoms with Gasteiger partial charge in [-0.2, -0.15) is 13.2 Å². The van der Waals surface area contributed by atoms with E-state index in [0.29, 0.717) is 33.5 Å². The van der Waals surface area contributed by atoms with E-state index in [2.05, 4.69) is 5.32 Å². The molecule has 1 N–H and O–H groups in total. The van der Waals surface area contributed by atoms with Crippen molar-refractivity contribution in [1.82, 2.24) is 0 Å². The van der Waals surface area contributed by atoms with Crippen molar-refractivity contribution in [3.05, 3.63) is 124 Å². The quantitative estimate of drug-likeness (QED) is 0.201. The molecular weight excluding hydrogens is 645 g/mol. The van der Waals surface area contributed by atoms with Crippen molar-refractivity contribution in [2.75, 3.05) is 23.9 Å². The van der Waals surface area contributed by atoms with Crippen molar-refractivity contribution < 1.29 is 37.0 Å². The Hall–Kier alpha value is -4.96. The summed E-state index contributed by atoms with van der Waals surface area (Å²) in [5.41, 5.74) is 2.80. The minimum Gasteiger partial charge on any atom is -0.497 e. The number of carbonyl (C=O) groups excluding carboxylic acids is 2. The lowest BCUT2D eigenvalue weighted by Gasteiger charge is -2.35. The molecule has 6 rings (SSSR count). The van der Waals surface area contributed by atoms with Gasteiger partial charge in [0, 0.05) is 22.7 Å². The molecule has 48 heavy (non-hydrogen) atoms. The lowest BCUT2D eigenvalue weighted by molar-refractivity contribution is -0.170. The van der Waals surface area contributed by atoms with Crippen molar-refractivity contribution in [3.8, 4) is 17.2 Å². The van der Waals surface area contributed by atoms with Crippen molar-refractivity contribution in [2.45, 2.75) is 44.5 Å². The Morgan fingerprint density at radius 2 is 1.62 bits per heavy atom. The number of halogens is 4. The average Bonchev–Trinajstić information content (AvgIpc) is 3.22. The number of alkyl halides is 3. The second-order valence-electron chi connectivity index (χ2n) is 11.5. The average molecular weight is 677 g/mol. The van der Waals surface area contributed by atoms with Crippen molar-refractivity contribution >= 4 is 34.7 Å². The summed E-state index contributed by atoms with van der Waals surface area (Å²) >= 11 is 6.01. The lowest BCUT2D eigenvalue weighted by Crippen LogP contribution is -2.45. The smallest absolute Gasteiger partial charge is 0.471 e. The maximum Gasteiger partial charge on any atom is 0.471 e. The van der Waals surface area contributed by atoms with Gasteiger partial charge in [0.15, 0.2) is 17.3 Å². The number of anilines is 2. The number of benzene rings is 4. The van der Waals surface area contributed by atoms with Gasteiger partial charge in [0.1, 0.15) is 12.4 Å². The van der Waals surface area contributed by atoms with Gasteiger partial charge < -0.3 is 19.5 Å². The Morgan fingerprint density at radius 1 is 0.917 bits per heavy atom. The van der Waals surface area contributed by atoms with Gasteiger partial charge >= 0.3 is 12.1 Å². The second kappa shape index (κ2) is 13.6. The van der Waals surface area contributed by atoms with E-state index < -0.39 is 18.1 Å². The summed E-state index contributed by atoms with van der Waals surface area (Å²) in [6, 6.07) is 24.0. The number of carbonyl (C=O) groups is 2. The topological polar surface area (TPSA) is 77.1 Å². The fourth-order valence-corrected chi connectivity index (χ4v) is 6.33. The number of ketones is 1. The third-order valence-corrected chi connectivity index (χ3v) is 8.68. The molecule has 2 atom stereocenters. The summed E-state index contributed by atoms with van der Waals surface area (Å²) in [5, 5.41) is 3.83. The summed E-state index contributed by atoms with van der Waals surface area (Å²) < 4.78 is 60.4. The number of rotatable bonds is 8. The van der Waals surface area contributed by atoms with E-state index in [9.17, 15) is 22.8 Å². The number of hydrogen-bond acceptors (Lipinski definition) is 6. The van der Waals surface area contributed by atoms with Gasteiger partial charge in [-0.25, -0.2) is 0 Å². The van der Waals surface area contributed by atoms with Crippen LogP contribution in [0.4, 0.5) is 24.5 Å². The Labute approximate surface area is 280 Å². The predicted molar refractivity (Wildman–Crippen MR) is 177 cm³/mol. The molecule has 1 amide bonds. The Morgan fingerprint density at radius 3 is 2.31 bits per heavy atom. The highest BCUT2D eigenvalue weighted by molar-refractivity contribution is 6.30.